The summed E-state index contributed by atoms with van der Waals surface area (Å²) in [6, 6.07) is 8.49. The third kappa shape index (κ3) is 6.75. The van der Waals surface area contributed by atoms with Gasteiger partial charge in [0.25, 0.3) is 6.33 Å². The van der Waals surface area contributed by atoms with Gasteiger partial charge < -0.3 is 31.9 Å². The fourth-order valence-electron chi connectivity index (χ4n) is 4.87. The molecule has 0 aliphatic carbocycles. The zero-order valence-electron chi connectivity index (χ0n) is 24.0. The highest BCUT2D eigenvalue weighted by Crippen LogP contribution is 2.34. The van der Waals surface area contributed by atoms with Crippen LogP contribution in [0.2, 0.25) is 0 Å². The summed E-state index contributed by atoms with van der Waals surface area (Å²) < 4.78 is 43.2. The molecule has 4 aromatic rings. The Morgan fingerprint density at radius 1 is 1.09 bits per heavy atom. The molecule has 1 fully saturated rings. The van der Waals surface area contributed by atoms with Crippen LogP contribution in [0, 0.1) is 11.6 Å². The van der Waals surface area contributed by atoms with Gasteiger partial charge in [0.05, 0.1) is 17.8 Å². The highest BCUT2D eigenvalue weighted by molar-refractivity contribution is 5.94. The quantitative estimate of drug-likeness (QED) is 0.175. The molecule has 5 rings (SSSR count). The first-order valence-electron chi connectivity index (χ1n) is 13.4. The van der Waals surface area contributed by atoms with E-state index in [9.17, 15) is 19.1 Å². The minimum atomic E-state index is -2.05. The van der Waals surface area contributed by atoms with Crippen LogP contribution in [-0.2, 0) is 28.4 Å². The molecule has 2 aromatic carbocycles. The molecule has 17 heteroatoms. The average molecular weight is 634 g/mol. The molecule has 2 atom stereocenters. The highest BCUT2D eigenvalue weighted by Gasteiger charge is 2.48. The standard InChI is InChI=1S/C27H30F2N9O5.ClH/c1-18(2)43-26(40)42-17-34-15-31-35(16-34)13-27(41,23-9-4-20(28)12-24(23)29)19(3)36-10-11-37(25(36)39)21-5-7-22(8-6-21)38-14-30-32-33-38;/h4-9,12,14-16,18-19,41H,10-11,13,17H2,1-3H3;1H/q+1;/p-1/t19-,27-;/m1./s1. The van der Waals surface area contributed by atoms with Crippen molar-refractivity contribution in [2.75, 3.05) is 18.0 Å². The molecular weight excluding hydrogens is 604 g/mol. The lowest BCUT2D eigenvalue weighted by Crippen LogP contribution is -3.00. The Labute approximate surface area is 256 Å². The van der Waals surface area contributed by atoms with E-state index in [1.807, 2.05) is 0 Å². The number of hydrogen-bond donors (Lipinski definition) is 1. The molecule has 2 amide bonds. The molecule has 234 valence electrons. The van der Waals surface area contributed by atoms with E-state index < -0.39 is 35.5 Å². The molecule has 1 aliphatic heterocycles. The molecule has 0 spiro atoms. The van der Waals surface area contributed by atoms with Crippen LogP contribution in [0.1, 0.15) is 26.3 Å². The van der Waals surface area contributed by atoms with E-state index in [4.69, 9.17) is 9.47 Å². The van der Waals surface area contributed by atoms with Crippen molar-refractivity contribution < 1.29 is 50.0 Å². The molecule has 1 N–H and O–H groups in total. The van der Waals surface area contributed by atoms with Gasteiger partial charge in [0, 0.05) is 30.4 Å². The van der Waals surface area contributed by atoms with Gasteiger partial charge in [-0.1, -0.05) is 6.07 Å². The molecule has 3 heterocycles. The third-order valence-corrected chi connectivity index (χ3v) is 7.07. The monoisotopic (exact) mass is 633 g/mol. The molecule has 0 unspecified atom stereocenters. The topological polar surface area (TPSA) is 145 Å². The van der Waals surface area contributed by atoms with E-state index in [1.165, 1.54) is 42.7 Å². The van der Waals surface area contributed by atoms with Crippen LogP contribution < -0.4 is 22.0 Å². The predicted molar refractivity (Wildman–Crippen MR) is 143 cm³/mol. The van der Waals surface area contributed by atoms with Crippen LogP contribution in [0.15, 0.2) is 61.4 Å². The maximum Gasteiger partial charge on any atom is 0.511 e. The Morgan fingerprint density at radius 2 is 1.82 bits per heavy atom. The molecule has 1 saturated heterocycles. The van der Waals surface area contributed by atoms with Gasteiger partial charge in [0.15, 0.2) is 5.60 Å². The van der Waals surface area contributed by atoms with Crippen molar-refractivity contribution in [2.45, 2.75) is 51.8 Å². The number of aromatic nitrogens is 7. The lowest BCUT2D eigenvalue weighted by molar-refractivity contribution is -0.765. The first-order chi connectivity index (χ1) is 20.5. The number of aliphatic hydroxyl groups is 1. The summed E-state index contributed by atoms with van der Waals surface area (Å²) >= 11 is 0. The molecule has 0 saturated carbocycles. The van der Waals surface area contributed by atoms with Crippen LogP contribution >= 0.6 is 0 Å². The number of carbonyl (C=O) groups is 2. The summed E-state index contributed by atoms with van der Waals surface area (Å²) in [5, 5.41) is 27.4. The zero-order valence-corrected chi connectivity index (χ0v) is 24.8. The van der Waals surface area contributed by atoms with E-state index in [-0.39, 0.29) is 43.9 Å². The zero-order chi connectivity index (χ0) is 30.7. The molecule has 14 nitrogen and oxygen atoms in total. The van der Waals surface area contributed by atoms with Gasteiger partial charge in [-0.05, 0) is 66.6 Å². The van der Waals surface area contributed by atoms with Crippen molar-refractivity contribution in [2.24, 2.45) is 0 Å². The Balaban J connectivity index is 0.00000442. The molecular formula is C27H30ClF2N9O5. The van der Waals surface area contributed by atoms with Gasteiger partial charge in [-0.25, -0.2) is 23.1 Å². The highest BCUT2D eigenvalue weighted by atomic mass is 35.5. The van der Waals surface area contributed by atoms with E-state index in [2.05, 4.69) is 20.6 Å². The number of nitrogens with zero attached hydrogens (tertiary/aromatic N) is 9. The van der Waals surface area contributed by atoms with Crippen LogP contribution in [0.3, 0.4) is 0 Å². The molecule has 0 bridgehead atoms. The Hall–Kier alpha value is -4.70. The van der Waals surface area contributed by atoms with Gasteiger partial charge >= 0.3 is 12.2 Å². The Bertz CT molecular complexity index is 1590. The number of tetrazole rings is 1. The maximum atomic E-state index is 15.2. The minimum Gasteiger partial charge on any atom is -1.00 e. The van der Waals surface area contributed by atoms with Crippen LogP contribution in [-0.4, -0.2) is 77.3 Å². The van der Waals surface area contributed by atoms with Crippen LogP contribution in [0.25, 0.3) is 5.69 Å². The first kappa shape index (κ1) is 32.2. The summed E-state index contributed by atoms with van der Waals surface area (Å²) in [6.45, 7) is 4.95. The van der Waals surface area contributed by atoms with E-state index in [0.29, 0.717) is 24.0 Å². The number of carbonyl (C=O) groups excluding carboxylic acids is 2. The van der Waals surface area contributed by atoms with Gasteiger partial charge in [0.2, 0.25) is 13.1 Å². The van der Waals surface area contributed by atoms with Gasteiger partial charge in [-0.3, -0.25) is 4.90 Å². The van der Waals surface area contributed by atoms with E-state index in [1.54, 1.807) is 45.0 Å². The Kier molecular flexibility index (Phi) is 9.74. The molecule has 1 aliphatic rings. The third-order valence-electron chi connectivity index (χ3n) is 7.07. The number of benzene rings is 2. The lowest BCUT2D eigenvalue weighted by Gasteiger charge is -2.38. The lowest BCUT2D eigenvalue weighted by atomic mass is 9.85. The second kappa shape index (κ2) is 13.3. The second-order valence-electron chi connectivity index (χ2n) is 10.3. The number of rotatable bonds is 10. The fraction of sp³-hybridized carbons (Fsp3) is 0.370. The summed E-state index contributed by atoms with van der Waals surface area (Å²) in [4.78, 5) is 28.3. The summed E-state index contributed by atoms with van der Waals surface area (Å²) in [7, 11) is 0. The molecule has 0 radical (unpaired) electrons. The van der Waals surface area contributed by atoms with E-state index >= 15 is 4.39 Å². The first-order valence-corrected chi connectivity index (χ1v) is 13.4. The number of halogens is 3. The summed E-state index contributed by atoms with van der Waals surface area (Å²) in [5.41, 5.74) is -0.950. The predicted octanol–water partition coefficient (Wildman–Crippen LogP) is -0.834. The van der Waals surface area contributed by atoms with E-state index in [0.717, 1.165) is 12.1 Å². The van der Waals surface area contributed by atoms with Crippen molar-refractivity contribution in [3.05, 3.63) is 78.6 Å². The smallest absolute Gasteiger partial charge is 0.511 e. The van der Waals surface area contributed by atoms with Crippen molar-refractivity contribution in [1.29, 1.82) is 0 Å². The van der Waals surface area contributed by atoms with Crippen LogP contribution in [0.5, 0.6) is 0 Å². The van der Waals surface area contributed by atoms with Crippen molar-refractivity contribution >= 4 is 17.9 Å². The largest absolute Gasteiger partial charge is 1.00 e. The minimum absolute atomic E-state index is 0. The van der Waals surface area contributed by atoms with Gasteiger partial charge in [-0.2, -0.15) is 4.57 Å². The number of hydrogen-bond acceptors (Lipinski definition) is 9. The van der Waals surface area contributed by atoms with Gasteiger partial charge in [-0.15, -0.1) is 9.78 Å². The summed E-state index contributed by atoms with van der Waals surface area (Å²) in [5.74, 6) is -1.79. The number of ether oxygens (including phenoxy) is 2. The Morgan fingerprint density at radius 3 is 2.48 bits per heavy atom. The second-order valence-corrected chi connectivity index (χ2v) is 10.3. The van der Waals surface area contributed by atoms with Crippen molar-refractivity contribution in [1.82, 2.24) is 34.8 Å². The fourth-order valence-corrected chi connectivity index (χ4v) is 4.87. The molecule has 2 aromatic heterocycles. The number of urea groups is 1. The van der Waals surface area contributed by atoms with Crippen molar-refractivity contribution in [3.63, 3.8) is 0 Å². The summed E-state index contributed by atoms with van der Waals surface area (Å²) in [6.07, 6.45) is 3.01. The SMILES string of the molecule is CC(C)OC(=O)OCn1cn[n+](C[C@](O)(c2ccc(F)cc2F)[C@@H](C)N2CCN(c3ccc(-n4cnnn4)cc3)C2=O)c1.[Cl-]. The number of amides is 2. The van der Waals surface area contributed by atoms with Crippen LogP contribution in [0.4, 0.5) is 24.1 Å². The average Bonchev–Trinajstić information content (AvgIpc) is 3.73. The maximum absolute atomic E-state index is 15.2. The molecule has 44 heavy (non-hydrogen) atoms. The van der Waals surface area contributed by atoms with Gasteiger partial charge in [0.1, 0.15) is 24.5 Å². The number of anilines is 1. The normalized spacial score (nSPS) is 15.2. The van der Waals surface area contributed by atoms with Crippen molar-refractivity contribution in [3.8, 4) is 5.69 Å².